The van der Waals surface area contributed by atoms with E-state index in [1.165, 1.54) is 11.1 Å². The molecule has 0 aromatic heterocycles. The second-order valence-corrected chi connectivity index (χ2v) is 6.08. The number of nitrogens with one attached hydrogen (secondary N) is 1. The largest absolute Gasteiger partial charge is 0.497 e. The van der Waals surface area contributed by atoms with E-state index < -0.39 is 0 Å². The number of hydrogen-bond acceptors (Lipinski definition) is 4. The third kappa shape index (κ3) is 4.32. The van der Waals surface area contributed by atoms with Gasteiger partial charge in [-0.05, 0) is 23.3 Å². The van der Waals surface area contributed by atoms with Crippen LogP contribution in [0, 0.1) is 0 Å². The molecule has 0 aliphatic carbocycles. The van der Waals surface area contributed by atoms with Crippen molar-refractivity contribution in [3.63, 3.8) is 0 Å². The van der Waals surface area contributed by atoms with Gasteiger partial charge in [0.25, 0.3) is 0 Å². The highest BCUT2D eigenvalue weighted by Gasteiger charge is 2.30. The van der Waals surface area contributed by atoms with Crippen LogP contribution in [0.1, 0.15) is 11.1 Å². The summed E-state index contributed by atoms with van der Waals surface area (Å²) in [5.41, 5.74) is 2.48. The lowest BCUT2D eigenvalue weighted by Crippen LogP contribution is -2.38. The van der Waals surface area contributed by atoms with Gasteiger partial charge >= 0.3 is 0 Å². The van der Waals surface area contributed by atoms with Crippen LogP contribution in [0.5, 0.6) is 5.75 Å². The second-order valence-electron chi connectivity index (χ2n) is 6.08. The van der Waals surface area contributed by atoms with E-state index >= 15 is 0 Å². The standard InChI is InChI=1S/C19H24N2O2/c1-23-17-9-7-15(8-10-17)11-20-18-13-21(14-19(18)22)12-16-5-3-2-4-6-16/h2-10,18-20,22H,11-14H2,1H3. The minimum Gasteiger partial charge on any atom is -0.497 e. The van der Waals surface area contributed by atoms with Crippen molar-refractivity contribution in [1.82, 2.24) is 10.2 Å². The molecule has 4 heteroatoms. The number of aliphatic hydroxyl groups excluding tert-OH is 1. The molecule has 1 aliphatic rings. The highest BCUT2D eigenvalue weighted by atomic mass is 16.5. The molecule has 0 amide bonds. The zero-order chi connectivity index (χ0) is 16.1. The Labute approximate surface area is 137 Å². The molecule has 0 saturated carbocycles. The van der Waals surface area contributed by atoms with Crippen molar-refractivity contribution in [1.29, 1.82) is 0 Å². The van der Waals surface area contributed by atoms with E-state index in [0.29, 0.717) is 0 Å². The zero-order valence-electron chi connectivity index (χ0n) is 13.5. The molecule has 2 unspecified atom stereocenters. The smallest absolute Gasteiger partial charge is 0.118 e. The van der Waals surface area contributed by atoms with Crippen molar-refractivity contribution in [2.24, 2.45) is 0 Å². The summed E-state index contributed by atoms with van der Waals surface area (Å²) in [5, 5.41) is 13.7. The summed E-state index contributed by atoms with van der Waals surface area (Å²) < 4.78 is 5.17. The van der Waals surface area contributed by atoms with Gasteiger partial charge in [-0.25, -0.2) is 0 Å². The maximum atomic E-state index is 10.3. The third-order valence-electron chi connectivity index (χ3n) is 4.34. The molecule has 2 aromatic carbocycles. The van der Waals surface area contributed by atoms with Gasteiger partial charge in [-0.2, -0.15) is 0 Å². The lowest BCUT2D eigenvalue weighted by atomic mass is 10.1. The van der Waals surface area contributed by atoms with Gasteiger partial charge in [-0.15, -0.1) is 0 Å². The number of methoxy groups -OCH3 is 1. The highest BCUT2D eigenvalue weighted by molar-refractivity contribution is 5.27. The van der Waals surface area contributed by atoms with Crippen LogP contribution in [0.3, 0.4) is 0 Å². The fourth-order valence-electron chi connectivity index (χ4n) is 3.03. The first-order valence-electron chi connectivity index (χ1n) is 8.05. The van der Waals surface area contributed by atoms with Crippen LogP contribution in [0.2, 0.25) is 0 Å². The third-order valence-corrected chi connectivity index (χ3v) is 4.34. The predicted molar refractivity (Wildman–Crippen MR) is 91.3 cm³/mol. The molecule has 0 spiro atoms. The van der Waals surface area contributed by atoms with Gasteiger partial charge in [-0.3, -0.25) is 4.90 Å². The van der Waals surface area contributed by atoms with Crippen LogP contribution in [0.15, 0.2) is 54.6 Å². The predicted octanol–water partition coefficient (Wildman–Crippen LogP) is 2.03. The molecule has 4 nitrogen and oxygen atoms in total. The average Bonchev–Trinajstić information content (AvgIpc) is 2.94. The Morgan fingerprint density at radius 1 is 1.04 bits per heavy atom. The minimum atomic E-state index is -0.322. The second kappa shape index (κ2) is 7.59. The molecule has 122 valence electrons. The molecule has 1 fully saturated rings. The van der Waals surface area contributed by atoms with Crippen molar-refractivity contribution >= 4 is 0 Å². The topological polar surface area (TPSA) is 44.7 Å². The summed E-state index contributed by atoms with van der Waals surface area (Å²) in [7, 11) is 1.67. The number of benzene rings is 2. The quantitative estimate of drug-likeness (QED) is 0.857. The summed E-state index contributed by atoms with van der Waals surface area (Å²) in [6.45, 7) is 3.23. The Hall–Kier alpha value is -1.88. The Bertz CT molecular complexity index is 601. The summed E-state index contributed by atoms with van der Waals surface area (Å²) in [5.74, 6) is 0.865. The maximum Gasteiger partial charge on any atom is 0.118 e. The van der Waals surface area contributed by atoms with E-state index in [0.717, 1.165) is 31.9 Å². The number of rotatable bonds is 6. The first-order chi connectivity index (χ1) is 11.2. The van der Waals surface area contributed by atoms with Gasteiger partial charge < -0.3 is 15.2 Å². The normalized spacial score (nSPS) is 21.5. The molecule has 0 bridgehead atoms. The van der Waals surface area contributed by atoms with Gasteiger partial charge in [0.2, 0.25) is 0 Å². The van der Waals surface area contributed by atoms with Gasteiger partial charge in [0, 0.05) is 32.2 Å². The maximum absolute atomic E-state index is 10.3. The van der Waals surface area contributed by atoms with Crippen LogP contribution >= 0.6 is 0 Å². The Morgan fingerprint density at radius 3 is 2.48 bits per heavy atom. The first kappa shape index (κ1) is 16.0. The molecular weight excluding hydrogens is 288 g/mol. The van der Waals surface area contributed by atoms with Crippen molar-refractivity contribution < 1.29 is 9.84 Å². The zero-order valence-corrected chi connectivity index (χ0v) is 13.5. The van der Waals surface area contributed by atoms with E-state index in [2.05, 4.69) is 46.6 Å². The SMILES string of the molecule is COc1ccc(CNC2CN(Cc3ccccc3)CC2O)cc1. The van der Waals surface area contributed by atoms with Gasteiger partial charge in [0.15, 0.2) is 0 Å². The van der Waals surface area contributed by atoms with Crippen molar-refractivity contribution in [2.45, 2.75) is 25.2 Å². The summed E-state index contributed by atoms with van der Waals surface area (Å²) >= 11 is 0. The molecule has 2 aromatic rings. The number of hydrogen-bond donors (Lipinski definition) is 2. The van der Waals surface area contributed by atoms with Gasteiger partial charge in [0.1, 0.15) is 5.75 Å². The monoisotopic (exact) mass is 312 g/mol. The van der Waals surface area contributed by atoms with Crippen LogP contribution in [-0.4, -0.2) is 42.4 Å². The Balaban J connectivity index is 1.50. The molecule has 1 heterocycles. The van der Waals surface area contributed by atoms with E-state index in [4.69, 9.17) is 4.74 Å². The number of likely N-dealkylation sites (tertiary alicyclic amines) is 1. The van der Waals surface area contributed by atoms with Crippen LogP contribution in [-0.2, 0) is 13.1 Å². The van der Waals surface area contributed by atoms with E-state index in [1.54, 1.807) is 7.11 Å². The van der Waals surface area contributed by atoms with Crippen LogP contribution in [0.25, 0.3) is 0 Å². The van der Waals surface area contributed by atoms with E-state index in [9.17, 15) is 5.11 Å². The van der Waals surface area contributed by atoms with Crippen molar-refractivity contribution in [3.8, 4) is 5.75 Å². The molecule has 2 N–H and O–H groups in total. The minimum absolute atomic E-state index is 0.112. The molecule has 1 saturated heterocycles. The number of β-amino-alcohol motifs (C(OH)–C–C–N with tert-alkyl or cyclic N) is 1. The highest BCUT2D eigenvalue weighted by Crippen LogP contribution is 2.16. The molecule has 1 aliphatic heterocycles. The van der Waals surface area contributed by atoms with Crippen molar-refractivity contribution in [2.75, 3.05) is 20.2 Å². The number of nitrogens with zero attached hydrogens (tertiary/aromatic N) is 1. The summed E-state index contributed by atoms with van der Waals surface area (Å²) in [4.78, 5) is 2.30. The van der Waals surface area contributed by atoms with Crippen LogP contribution in [0.4, 0.5) is 0 Å². The van der Waals surface area contributed by atoms with Gasteiger partial charge in [0.05, 0.1) is 13.2 Å². The Kier molecular flexibility index (Phi) is 5.28. The summed E-state index contributed by atoms with van der Waals surface area (Å²) in [6, 6.07) is 18.5. The molecular formula is C19H24N2O2. The first-order valence-corrected chi connectivity index (χ1v) is 8.05. The summed E-state index contributed by atoms with van der Waals surface area (Å²) in [6.07, 6.45) is -0.322. The molecule has 3 rings (SSSR count). The van der Waals surface area contributed by atoms with Crippen LogP contribution < -0.4 is 10.1 Å². The Morgan fingerprint density at radius 2 is 1.78 bits per heavy atom. The molecule has 23 heavy (non-hydrogen) atoms. The number of ether oxygens (including phenoxy) is 1. The van der Waals surface area contributed by atoms with E-state index in [1.807, 2.05) is 18.2 Å². The molecule has 2 atom stereocenters. The fraction of sp³-hybridized carbons (Fsp3) is 0.368. The lowest BCUT2D eigenvalue weighted by Gasteiger charge is -2.17. The van der Waals surface area contributed by atoms with Crippen molar-refractivity contribution in [3.05, 3.63) is 65.7 Å². The fourth-order valence-corrected chi connectivity index (χ4v) is 3.03. The van der Waals surface area contributed by atoms with Gasteiger partial charge in [-0.1, -0.05) is 42.5 Å². The number of aliphatic hydroxyl groups is 1. The lowest BCUT2D eigenvalue weighted by molar-refractivity contribution is 0.152. The van der Waals surface area contributed by atoms with E-state index in [-0.39, 0.29) is 12.1 Å². The molecule has 0 radical (unpaired) electrons. The average molecular weight is 312 g/mol.